The summed E-state index contributed by atoms with van der Waals surface area (Å²) in [6.45, 7) is -2.20. The summed E-state index contributed by atoms with van der Waals surface area (Å²) in [5.41, 5.74) is 1.67. The lowest BCUT2D eigenvalue weighted by Crippen LogP contribution is -2.32. The number of hydrogen-bond acceptors (Lipinski definition) is 4. The molecule has 3 rings (SSSR count). The van der Waals surface area contributed by atoms with Crippen LogP contribution in [0.4, 0.5) is 8.78 Å². The standard InChI is InChI=1S/C21H23F2NO4/c1-26-16-9-10-19(27-2)17(13-16)18-4-3-11-24(18)20(25)12-14-5-7-15(8-6-14)28-21(22)23/h5-10,13,18,21H,3-4,11-12H2,1-2H3. The lowest BCUT2D eigenvalue weighted by molar-refractivity contribution is -0.131. The van der Waals surface area contributed by atoms with E-state index in [1.165, 1.54) is 12.1 Å². The first-order valence-electron chi connectivity index (χ1n) is 9.07. The number of methoxy groups -OCH3 is 2. The van der Waals surface area contributed by atoms with Crippen molar-refractivity contribution in [2.24, 2.45) is 0 Å². The van der Waals surface area contributed by atoms with E-state index in [1.54, 1.807) is 26.4 Å². The Kier molecular flexibility index (Phi) is 6.34. The lowest BCUT2D eigenvalue weighted by atomic mass is 10.0. The molecule has 0 radical (unpaired) electrons. The van der Waals surface area contributed by atoms with Crippen LogP contribution in [-0.2, 0) is 11.2 Å². The van der Waals surface area contributed by atoms with Gasteiger partial charge in [0.15, 0.2) is 0 Å². The fourth-order valence-corrected chi connectivity index (χ4v) is 3.55. The van der Waals surface area contributed by atoms with Crippen molar-refractivity contribution in [1.29, 1.82) is 0 Å². The Balaban J connectivity index is 1.75. The zero-order valence-corrected chi connectivity index (χ0v) is 15.9. The first kappa shape index (κ1) is 19.9. The van der Waals surface area contributed by atoms with E-state index in [-0.39, 0.29) is 24.1 Å². The molecule has 150 valence electrons. The molecule has 0 N–H and O–H groups in total. The highest BCUT2D eigenvalue weighted by Crippen LogP contribution is 2.39. The molecule has 1 fully saturated rings. The minimum absolute atomic E-state index is 0.0186. The second-order valence-corrected chi connectivity index (χ2v) is 6.55. The minimum atomic E-state index is -2.87. The van der Waals surface area contributed by atoms with E-state index in [4.69, 9.17) is 9.47 Å². The minimum Gasteiger partial charge on any atom is -0.497 e. The summed E-state index contributed by atoms with van der Waals surface area (Å²) >= 11 is 0. The Labute approximate surface area is 162 Å². The summed E-state index contributed by atoms with van der Waals surface area (Å²) in [5.74, 6) is 1.49. The summed E-state index contributed by atoms with van der Waals surface area (Å²) in [5, 5.41) is 0. The Morgan fingerprint density at radius 1 is 1.11 bits per heavy atom. The van der Waals surface area contributed by atoms with E-state index in [2.05, 4.69) is 4.74 Å². The molecule has 7 heteroatoms. The zero-order chi connectivity index (χ0) is 20.1. The molecule has 1 atom stereocenters. The first-order valence-corrected chi connectivity index (χ1v) is 9.07. The van der Waals surface area contributed by atoms with Crippen molar-refractivity contribution in [2.45, 2.75) is 31.9 Å². The third-order valence-corrected chi connectivity index (χ3v) is 4.87. The van der Waals surface area contributed by atoms with Gasteiger partial charge in [-0.1, -0.05) is 12.1 Å². The number of amides is 1. The topological polar surface area (TPSA) is 48.0 Å². The Bertz CT molecular complexity index is 811. The number of ether oxygens (including phenoxy) is 3. The van der Waals surface area contributed by atoms with Crippen LogP contribution in [0.25, 0.3) is 0 Å². The maximum absolute atomic E-state index is 12.9. The summed E-state index contributed by atoms with van der Waals surface area (Å²) in [4.78, 5) is 14.8. The summed E-state index contributed by atoms with van der Waals surface area (Å²) in [6.07, 6.45) is 1.94. The van der Waals surface area contributed by atoms with Crippen molar-refractivity contribution in [3.05, 3.63) is 53.6 Å². The molecule has 2 aromatic rings. The van der Waals surface area contributed by atoms with E-state index in [9.17, 15) is 13.6 Å². The molecule has 2 aromatic carbocycles. The number of likely N-dealkylation sites (tertiary alicyclic amines) is 1. The predicted molar refractivity (Wildman–Crippen MR) is 100 cm³/mol. The molecule has 0 bridgehead atoms. The average Bonchev–Trinajstić information content (AvgIpc) is 3.18. The molecule has 1 amide bonds. The second kappa shape index (κ2) is 8.91. The van der Waals surface area contributed by atoms with E-state index >= 15 is 0 Å². The maximum atomic E-state index is 12.9. The van der Waals surface area contributed by atoms with Gasteiger partial charge < -0.3 is 19.1 Å². The number of carbonyl (C=O) groups is 1. The summed E-state index contributed by atoms with van der Waals surface area (Å²) < 4.78 is 39.6. The van der Waals surface area contributed by atoms with Gasteiger partial charge >= 0.3 is 6.61 Å². The highest BCUT2D eigenvalue weighted by Gasteiger charge is 2.32. The van der Waals surface area contributed by atoms with Crippen LogP contribution >= 0.6 is 0 Å². The van der Waals surface area contributed by atoms with Gasteiger partial charge in [0.05, 0.1) is 26.7 Å². The van der Waals surface area contributed by atoms with Gasteiger partial charge in [0.2, 0.25) is 5.91 Å². The Hall–Kier alpha value is -2.83. The van der Waals surface area contributed by atoms with E-state index in [0.717, 1.165) is 29.7 Å². The van der Waals surface area contributed by atoms with E-state index in [1.807, 2.05) is 23.1 Å². The van der Waals surface area contributed by atoms with Gasteiger partial charge in [-0.15, -0.1) is 0 Å². The van der Waals surface area contributed by atoms with Crippen molar-refractivity contribution in [3.63, 3.8) is 0 Å². The van der Waals surface area contributed by atoms with Crippen molar-refractivity contribution in [1.82, 2.24) is 4.90 Å². The van der Waals surface area contributed by atoms with Crippen molar-refractivity contribution in [2.75, 3.05) is 20.8 Å². The number of rotatable bonds is 7. The third-order valence-electron chi connectivity index (χ3n) is 4.87. The smallest absolute Gasteiger partial charge is 0.387 e. The molecule has 5 nitrogen and oxygen atoms in total. The molecular formula is C21H23F2NO4. The maximum Gasteiger partial charge on any atom is 0.387 e. The molecule has 1 heterocycles. The number of benzene rings is 2. The van der Waals surface area contributed by atoms with Crippen LogP contribution in [0.2, 0.25) is 0 Å². The summed E-state index contributed by atoms with van der Waals surface area (Å²) in [7, 11) is 3.21. The third kappa shape index (κ3) is 4.52. The number of halogens is 2. The van der Waals surface area contributed by atoms with E-state index < -0.39 is 6.61 Å². The van der Waals surface area contributed by atoms with Crippen LogP contribution in [0.5, 0.6) is 17.2 Å². The van der Waals surface area contributed by atoms with Crippen LogP contribution in [0.1, 0.15) is 30.0 Å². The van der Waals surface area contributed by atoms with Gasteiger partial charge in [-0.25, -0.2) is 0 Å². The van der Waals surface area contributed by atoms with Gasteiger partial charge in [0.25, 0.3) is 0 Å². The molecular weight excluding hydrogens is 368 g/mol. The van der Waals surface area contributed by atoms with Crippen molar-refractivity contribution >= 4 is 5.91 Å². The number of alkyl halides is 2. The normalized spacial score (nSPS) is 16.3. The SMILES string of the molecule is COc1ccc(OC)c(C2CCCN2C(=O)Cc2ccc(OC(F)F)cc2)c1. The highest BCUT2D eigenvalue weighted by atomic mass is 19.3. The lowest BCUT2D eigenvalue weighted by Gasteiger charge is -2.27. The van der Waals surface area contributed by atoms with E-state index in [0.29, 0.717) is 12.3 Å². The van der Waals surface area contributed by atoms with Gasteiger partial charge in [-0.3, -0.25) is 4.79 Å². The van der Waals surface area contributed by atoms with Gasteiger partial charge in [0.1, 0.15) is 17.2 Å². The average molecular weight is 391 g/mol. The monoisotopic (exact) mass is 391 g/mol. The van der Waals surface area contributed by atoms with Crippen LogP contribution in [0.3, 0.4) is 0 Å². The molecule has 0 saturated carbocycles. The van der Waals surface area contributed by atoms with Crippen LogP contribution in [-0.4, -0.2) is 38.2 Å². The van der Waals surface area contributed by atoms with Crippen molar-refractivity contribution < 1.29 is 27.8 Å². The number of hydrogen-bond donors (Lipinski definition) is 0. The molecule has 1 unspecified atom stereocenters. The van der Waals surface area contributed by atoms with Gasteiger partial charge in [-0.2, -0.15) is 8.78 Å². The molecule has 1 aliphatic heterocycles. The largest absolute Gasteiger partial charge is 0.497 e. The Morgan fingerprint density at radius 3 is 2.46 bits per heavy atom. The number of nitrogens with zero attached hydrogens (tertiary/aromatic N) is 1. The molecule has 1 saturated heterocycles. The highest BCUT2D eigenvalue weighted by molar-refractivity contribution is 5.79. The fraction of sp³-hybridized carbons (Fsp3) is 0.381. The molecule has 28 heavy (non-hydrogen) atoms. The quantitative estimate of drug-likeness (QED) is 0.709. The van der Waals surface area contributed by atoms with Crippen molar-refractivity contribution in [3.8, 4) is 17.2 Å². The molecule has 0 aromatic heterocycles. The molecule has 0 aliphatic carbocycles. The fourth-order valence-electron chi connectivity index (χ4n) is 3.55. The van der Waals surface area contributed by atoms with Crippen LogP contribution < -0.4 is 14.2 Å². The molecule has 0 spiro atoms. The summed E-state index contributed by atoms with van der Waals surface area (Å²) in [6, 6.07) is 11.6. The van der Waals surface area contributed by atoms with Crippen LogP contribution in [0.15, 0.2) is 42.5 Å². The van der Waals surface area contributed by atoms with Gasteiger partial charge in [0, 0.05) is 12.1 Å². The Morgan fingerprint density at radius 2 is 1.82 bits per heavy atom. The van der Waals surface area contributed by atoms with Gasteiger partial charge in [-0.05, 0) is 48.7 Å². The molecule has 1 aliphatic rings. The first-order chi connectivity index (χ1) is 13.5. The zero-order valence-electron chi connectivity index (χ0n) is 15.9. The number of carbonyl (C=O) groups excluding carboxylic acids is 1. The second-order valence-electron chi connectivity index (χ2n) is 6.55. The van der Waals surface area contributed by atoms with Crippen LogP contribution in [0, 0.1) is 0 Å². The predicted octanol–water partition coefficient (Wildman–Crippen LogP) is 4.21.